The number of nitrogen functional groups attached to an aromatic ring is 1. The van der Waals surface area contributed by atoms with E-state index in [0.717, 1.165) is 40.9 Å². The molecular weight excluding hydrogens is 379 g/mol. The van der Waals surface area contributed by atoms with Crippen molar-refractivity contribution in [3.05, 3.63) is 30.1 Å². The van der Waals surface area contributed by atoms with Gasteiger partial charge in [-0.1, -0.05) is 11.3 Å². The van der Waals surface area contributed by atoms with Crippen molar-refractivity contribution in [3.63, 3.8) is 0 Å². The van der Waals surface area contributed by atoms with E-state index in [2.05, 4.69) is 4.98 Å². The largest absolute Gasteiger partial charge is 0.494 e. The molecule has 6 nitrogen and oxygen atoms in total. The number of ether oxygens (including phenoxy) is 2. The molecule has 2 N–H and O–H groups in total. The zero-order valence-electron chi connectivity index (χ0n) is 15.4. The molecule has 0 amide bonds. The summed E-state index contributed by atoms with van der Waals surface area (Å²) in [5.74, 6) is 1.65. The highest BCUT2D eigenvalue weighted by molar-refractivity contribution is 7.22. The smallest absolute Gasteiger partial charge is 0.181 e. The summed E-state index contributed by atoms with van der Waals surface area (Å²) < 4.78 is 29.5. The van der Waals surface area contributed by atoms with Crippen LogP contribution < -0.4 is 15.2 Å². The van der Waals surface area contributed by atoms with Gasteiger partial charge in [0, 0.05) is 24.7 Å². The summed E-state index contributed by atoms with van der Waals surface area (Å²) in [6, 6.07) is 6.99. The highest BCUT2D eigenvalue weighted by atomic mass is 32.1. The number of nitrogens with two attached hydrogens (primary N) is 1. The highest BCUT2D eigenvalue weighted by Crippen LogP contribution is 2.38. The first-order valence-corrected chi connectivity index (χ1v) is 10.1. The maximum atomic E-state index is 15.0. The van der Waals surface area contributed by atoms with Gasteiger partial charge in [0.25, 0.3) is 0 Å². The zero-order valence-corrected chi connectivity index (χ0v) is 16.2. The van der Waals surface area contributed by atoms with E-state index in [1.165, 1.54) is 17.4 Å². The fraction of sp³-hybridized carbons (Fsp3) is 0.300. The fourth-order valence-corrected chi connectivity index (χ4v) is 4.44. The first-order valence-electron chi connectivity index (χ1n) is 9.30. The first kappa shape index (κ1) is 17.2. The van der Waals surface area contributed by atoms with Crippen LogP contribution in [0.25, 0.3) is 32.6 Å². The molecule has 0 saturated heterocycles. The van der Waals surface area contributed by atoms with Gasteiger partial charge in [-0.25, -0.2) is 14.4 Å². The Balaban J connectivity index is 1.78. The maximum absolute atomic E-state index is 15.0. The van der Waals surface area contributed by atoms with E-state index in [1.807, 2.05) is 23.6 Å². The van der Waals surface area contributed by atoms with Gasteiger partial charge in [-0.05, 0) is 25.8 Å². The van der Waals surface area contributed by atoms with Gasteiger partial charge in [-0.3, -0.25) is 0 Å². The van der Waals surface area contributed by atoms with Crippen molar-refractivity contribution in [2.24, 2.45) is 0 Å². The summed E-state index contributed by atoms with van der Waals surface area (Å²) in [4.78, 5) is 8.94. The second-order valence-electron chi connectivity index (χ2n) is 6.72. The van der Waals surface area contributed by atoms with Gasteiger partial charge in [0.1, 0.15) is 28.7 Å². The second kappa shape index (κ2) is 6.63. The van der Waals surface area contributed by atoms with E-state index in [0.29, 0.717) is 41.0 Å². The number of aromatic nitrogens is 3. The molecule has 1 aliphatic heterocycles. The van der Waals surface area contributed by atoms with Gasteiger partial charge >= 0.3 is 0 Å². The van der Waals surface area contributed by atoms with E-state index in [4.69, 9.17) is 20.2 Å². The van der Waals surface area contributed by atoms with Crippen molar-refractivity contribution >= 4 is 37.7 Å². The minimum absolute atomic E-state index is 0.362. The molecule has 1 aliphatic rings. The van der Waals surface area contributed by atoms with Crippen LogP contribution in [-0.2, 0) is 6.54 Å². The third-order valence-corrected chi connectivity index (χ3v) is 5.71. The Morgan fingerprint density at radius 1 is 1.21 bits per heavy atom. The third kappa shape index (κ3) is 2.75. The number of benzene rings is 2. The minimum atomic E-state index is -0.362. The van der Waals surface area contributed by atoms with Crippen molar-refractivity contribution in [2.75, 3.05) is 18.9 Å². The summed E-state index contributed by atoms with van der Waals surface area (Å²) in [5.41, 5.74) is 8.41. The molecule has 0 aliphatic carbocycles. The monoisotopic (exact) mass is 398 g/mol. The predicted octanol–water partition coefficient (Wildman–Crippen LogP) is 4.61. The number of rotatable bonds is 3. The molecule has 3 heterocycles. The van der Waals surface area contributed by atoms with Gasteiger partial charge in [0.15, 0.2) is 5.13 Å². The lowest BCUT2D eigenvalue weighted by molar-refractivity contribution is 0.294. The zero-order chi connectivity index (χ0) is 19.3. The number of hydrogen-bond donors (Lipinski definition) is 1. The van der Waals surface area contributed by atoms with E-state index in [-0.39, 0.29) is 5.82 Å². The number of hydrogen-bond acceptors (Lipinski definition) is 6. The normalized spacial score (nSPS) is 14.1. The summed E-state index contributed by atoms with van der Waals surface area (Å²) >= 11 is 1.34. The van der Waals surface area contributed by atoms with Crippen LogP contribution in [0.1, 0.15) is 19.8 Å². The Bertz CT molecular complexity index is 1200. The minimum Gasteiger partial charge on any atom is -0.494 e. The number of fused-ring (bicyclic) bond motifs is 1. The molecule has 0 spiro atoms. The lowest BCUT2D eigenvalue weighted by atomic mass is 10.1. The Labute approximate surface area is 164 Å². The maximum Gasteiger partial charge on any atom is 0.181 e. The van der Waals surface area contributed by atoms with Crippen molar-refractivity contribution < 1.29 is 13.9 Å². The Hall–Kier alpha value is -2.87. The topological polar surface area (TPSA) is 75.2 Å². The molecule has 0 fully saturated rings. The molecule has 0 unspecified atom stereocenters. The van der Waals surface area contributed by atoms with Crippen LogP contribution in [0.5, 0.6) is 11.5 Å². The van der Waals surface area contributed by atoms with E-state index in [9.17, 15) is 4.39 Å². The molecule has 0 saturated carbocycles. The van der Waals surface area contributed by atoms with Gasteiger partial charge in [-0.15, -0.1) is 0 Å². The van der Waals surface area contributed by atoms with Crippen LogP contribution in [0.3, 0.4) is 0 Å². The Morgan fingerprint density at radius 2 is 2.11 bits per heavy atom. The van der Waals surface area contributed by atoms with Crippen molar-refractivity contribution in [3.8, 4) is 22.9 Å². The standard InChI is InChI=1S/C20H19FN4O2S/c1-2-26-11-7-15-18-16(8-11)27-6-4-3-5-25(18)19(23-15)12-9-17-14(10-13(12)21)24-20(22)28-17/h7-10H,2-6H2,1H3,(H2,22,24). The Morgan fingerprint density at radius 3 is 2.96 bits per heavy atom. The summed E-state index contributed by atoms with van der Waals surface area (Å²) in [6.07, 6.45) is 1.85. The summed E-state index contributed by atoms with van der Waals surface area (Å²) in [7, 11) is 0. The van der Waals surface area contributed by atoms with E-state index >= 15 is 0 Å². The fourth-order valence-electron chi connectivity index (χ4n) is 3.68. The molecule has 2 aromatic heterocycles. The second-order valence-corrected chi connectivity index (χ2v) is 7.78. The number of aryl methyl sites for hydroxylation is 1. The number of halogens is 1. The average Bonchev–Trinajstić information content (AvgIpc) is 3.17. The van der Waals surface area contributed by atoms with E-state index < -0.39 is 0 Å². The molecule has 0 radical (unpaired) electrons. The average molecular weight is 398 g/mol. The van der Waals surface area contributed by atoms with Crippen molar-refractivity contribution in [1.82, 2.24) is 14.5 Å². The lowest BCUT2D eigenvalue weighted by Crippen LogP contribution is -2.09. The SMILES string of the molecule is CCOc1cc2c3c(c1)nc(-c1cc4sc(N)nc4cc1F)n3CCCCO2. The van der Waals surface area contributed by atoms with Crippen LogP contribution in [-0.4, -0.2) is 27.7 Å². The van der Waals surface area contributed by atoms with Gasteiger partial charge in [-0.2, -0.15) is 0 Å². The first-order chi connectivity index (χ1) is 13.6. The van der Waals surface area contributed by atoms with Gasteiger partial charge in [0.05, 0.1) is 34.5 Å². The van der Waals surface area contributed by atoms with Crippen LogP contribution >= 0.6 is 11.3 Å². The quantitative estimate of drug-likeness (QED) is 0.546. The van der Waals surface area contributed by atoms with Crippen LogP contribution in [0.15, 0.2) is 24.3 Å². The lowest BCUT2D eigenvalue weighted by Gasteiger charge is -2.17. The molecule has 144 valence electrons. The van der Waals surface area contributed by atoms with E-state index in [1.54, 1.807) is 6.07 Å². The van der Waals surface area contributed by atoms with Gasteiger partial charge in [0.2, 0.25) is 0 Å². The van der Waals surface area contributed by atoms with Crippen molar-refractivity contribution in [2.45, 2.75) is 26.3 Å². The van der Waals surface area contributed by atoms with Crippen LogP contribution in [0, 0.1) is 5.82 Å². The number of imidazole rings is 1. The molecule has 4 aromatic rings. The molecule has 28 heavy (non-hydrogen) atoms. The summed E-state index contributed by atoms with van der Waals surface area (Å²) in [6.45, 7) is 3.88. The predicted molar refractivity (Wildman–Crippen MR) is 109 cm³/mol. The van der Waals surface area contributed by atoms with Gasteiger partial charge < -0.3 is 19.8 Å². The van der Waals surface area contributed by atoms with Crippen LogP contribution in [0.4, 0.5) is 9.52 Å². The highest BCUT2D eigenvalue weighted by Gasteiger charge is 2.22. The summed E-state index contributed by atoms with van der Waals surface area (Å²) in [5, 5.41) is 0.423. The molecule has 5 rings (SSSR count). The number of thiazole rings is 1. The molecule has 2 aromatic carbocycles. The molecular formula is C20H19FN4O2S. The Kier molecular flexibility index (Phi) is 4.08. The molecule has 0 atom stereocenters. The number of nitrogens with zero attached hydrogens (tertiary/aromatic N) is 3. The molecule has 8 heteroatoms. The molecule has 0 bridgehead atoms. The van der Waals surface area contributed by atoms with Crippen LogP contribution in [0.2, 0.25) is 0 Å². The number of anilines is 1. The van der Waals surface area contributed by atoms with Crippen molar-refractivity contribution in [1.29, 1.82) is 0 Å². The third-order valence-electron chi connectivity index (χ3n) is 4.86.